The Kier molecular flexibility index (Phi) is 2.74. The van der Waals surface area contributed by atoms with Crippen molar-refractivity contribution in [2.45, 2.75) is 18.7 Å². The van der Waals surface area contributed by atoms with E-state index >= 15 is 0 Å². The van der Waals surface area contributed by atoms with Gasteiger partial charge in [0, 0.05) is 17.0 Å². The molecule has 1 nitrogen and oxygen atoms in total. The number of rotatable bonds is 1. The predicted octanol–water partition coefficient (Wildman–Crippen LogP) is 3.17. The smallest absolute Gasteiger partial charge is 0.134 e. The first-order chi connectivity index (χ1) is 5.11. The van der Waals surface area contributed by atoms with Crippen molar-refractivity contribution in [2.75, 3.05) is 0 Å². The minimum atomic E-state index is -0.469. The van der Waals surface area contributed by atoms with E-state index < -0.39 is 4.84 Å². The average molecular weight is 190 g/mol. The number of hydrogen-bond donors (Lipinski definition) is 0. The van der Waals surface area contributed by atoms with Gasteiger partial charge in [0.25, 0.3) is 0 Å². The van der Waals surface area contributed by atoms with Crippen LogP contribution in [0.3, 0.4) is 0 Å². The van der Waals surface area contributed by atoms with Crippen molar-refractivity contribution in [1.29, 1.82) is 0 Å². The minimum Gasteiger partial charge on any atom is -0.258 e. The molecule has 1 heterocycles. The highest BCUT2D eigenvalue weighted by atomic mass is 35.5. The molecule has 0 fully saturated rings. The third kappa shape index (κ3) is 2.08. The van der Waals surface area contributed by atoms with Gasteiger partial charge in [-0.1, -0.05) is 29.3 Å². The average Bonchev–Trinajstić information content (AvgIpc) is 1.85. The van der Waals surface area contributed by atoms with Crippen LogP contribution in [-0.4, -0.2) is 4.98 Å². The molecule has 0 amide bonds. The summed E-state index contributed by atoms with van der Waals surface area (Å²) in [7, 11) is 0. The summed E-state index contributed by atoms with van der Waals surface area (Å²) < 4.78 is 0. The lowest BCUT2D eigenvalue weighted by molar-refractivity contribution is 1.07. The molecule has 0 bridgehead atoms. The van der Waals surface area contributed by atoms with E-state index in [0.717, 1.165) is 17.0 Å². The summed E-state index contributed by atoms with van der Waals surface area (Å²) in [6.07, 6.45) is 0. The van der Waals surface area contributed by atoms with Crippen molar-refractivity contribution in [2.24, 2.45) is 0 Å². The van der Waals surface area contributed by atoms with Crippen LogP contribution in [0.4, 0.5) is 0 Å². The summed E-state index contributed by atoms with van der Waals surface area (Å²) in [6, 6.07) is 3.81. The first-order valence-electron chi connectivity index (χ1n) is 3.33. The second-order valence-electron chi connectivity index (χ2n) is 2.43. The van der Waals surface area contributed by atoms with Gasteiger partial charge in [0.2, 0.25) is 0 Å². The number of alkyl halides is 2. The largest absolute Gasteiger partial charge is 0.258 e. The van der Waals surface area contributed by atoms with Crippen molar-refractivity contribution in [3.8, 4) is 0 Å². The van der Waals surface area contributed by atoms with E-state index in [4.69, 9.17) is 23.2 Å². The van der Waals surface area contributed by atoms with Crippen LogP contribution in [0, 0.1) is 13.8 Å². The van der Waals surface area contributed by atoms with E-state index in [1.807, 2.05) is 26.0 Å². The number of pyridine rings is 1. The van der Waals surface area contributed by atoms with Crippen molar-refractivity contribution in [3.63, 3.8) is 0 Å². The topological polar surface area (TPSA) is 12.9 Å². The molecule has 0 spiro atoms. The van der Waals surface area contributed by atoms with Crippen molar-refractivity contribution >= 4 is 23.2 Å². The molecule has 0 aliphatic carbocycles. The molecule has 0 radical (unpaired) electrons. The SMILES string of the molecule is Cc1ccc(C(Cl)Cl)c(C)n1. The zero-order chi connectivity index (χ0) is 8.43. The number of aryl methyl sites for hydroxylation is 2. The lowest BCUT2D eigenvalue weighted by atomic mass is 10.2. The van der Waals surface area contributed by atoms with Gasteiger partial charge in [0.1, 0.15) is 4.84 Å². The molecule has 60 valence electrons. The minimum absolute atomic E-state index is 0.469. The molecule has 1 rings (SSSR count). The Hall–Kier alpha value is -0.270. The maximum absolute atomic E-state index is 5.69. The summed E-state index contributed by atoms with van der Waals surface area (Å²) in [5, 5.41) is 0. The summed E-state index contributed by atoms with van der Waals surface area (Å²) >= 11 is 11.4. The van der Waals surface area contributed by atoms with Gasteiger partial charge < -0.3 is 0 Å². The Morgan fingerprint density at radius 2 is 1.91 bits per heavy atom. The molecule has 1 aromatic heterocycles. The highest BCUT2D eigenvalue weighted by molar-refractivity contribution is 6.44. The standard InChI is InChI=1S/C8H9Cl2N/c1-5-3-4-7(8(9)10)6(2)11-5/h3-4,8H,1-2H3. The highest BCUT2D eigenvalue weighted by Gasteiger charge is 2.06. The third-order valence-corrected chi connectivity index (χ3v) is 1.97. The van der Waals surface area contributed by atoms with Gasteiger partial charge in [-0.2, -0.15) is 0 Å². The molecule has 0 aliphatic rings. The molecule has 0 unspecified atom stereocenters. The Morgan fingerprint density at radius 3 is 2.36 bits per heavy atom. The molecule has 0 atom stereocenters. The van der Waals surface area contributed by atoms with Crippen LogP contribution in [0.1, 0.15) is 21.8 Å². The van der Waals surface area contributed by atoms with Crippen LogP contribution in [0.5, 0.6) is 0 Å². The van der Waals surface area contributed by atoms with Gasteiger partial charge in [-0.3, -0.25) is 4.98 Å². The third-order valence-electron chi connectivity index (χ3n) is 1.50. The fourth-order valence-electron chi connectivity index (χ4n) is 0.928. The van der Waals surface area contributed by atoms with E-state index in [0.29, 0.717) is 0 Å². The molecule has 0 saturated carbocycles. The van der Waals surface area contributed by atoms with Crippen LogP contribution < -0.4 is 0 Å². The van der Waals surface area contributed by atoms with E-state index in [-0.39, 0.29) is 0 Å². The summed E-state index contributed by atoms with van der Waals surface area (Å²) in [4.78, 5) is 3.76. The van der Waals surface area contributed by atoms with Crippen molar-refractivity contribution < 1.29 is 0 Å². The lowest BCUT2D eigenvalue weighted by Gasteiger charge is -2.05. The molecule has 0 saturated heterocycles. The number of nitrogens with zero attached hydrogens (tertiary/aromatic N) is 1. The normalized spacial score (nSPS) is 10.6. The number of aromatic nitrogens is 1. The molecular weight excluding hydrogens is 181 g/mol. The highest BCUT2D eigenvalue weighted by Crippen LogP contribution is 2.26. The van der Waals surface area contributed by atoms with Crippen LogP contribution in [-0.2, 0) is 0 Å². The van der Waals surface area contributed by atoms with Crippen LogP contribution in [0.25, 0.3) is 0 Å². The quantitative estimate of drug-likeness (QED) is 0.619. The van der Waals surface area contributed by atoms with Gasteiger partial charge in [0.05, 0.1) is 0 Å². The Balaban J connectivity index is 3.09. The van der Waals surface area contributed by atoms with Gasteiger partial charge in [-0.15, -0.1) is 0 Å². The fraction of sp³-hybridized carbons (Fsp3) is 0.375. The van der Waals surface area contributed by atoms with Gasteiger partial charge >= 0.3 is 0 Å². The van der Waals surface area contributed by atoms with E-state index in [2.05, 4.69) is 4.98 Å². The number of halogens is 2. The van der Waals surface area contributed by atoms with Crippen LogP contribution in [0.15, 0.2) is 12.1 Å². The molecule has 0 aliphatic heterocycles. The van der Waals surface area contributed by atoms with Gasteiger partial charge in [-0.25, -0.2) is 0 Å². The maximum atomic E-state index is 5.69. The number of hydrogen-bond acceptors (Lipinski definition) is 1. The second kappa shape index (κ2) is 3.42. The zero-order valence-electron chi connectivity index (χ0n) is 6.44. The first kappa shape index (κ1) is 8.82. The Morgan fingerprint density at radius 1 is 1.27 bits per heavy atom. The molecular formula is C8H9Cl2N. The van der Waals surface area contributed by atoms with Crippen molar-refractivity contribution in [1.82, 2.24) is 4.98 Å². The zero-order valence-corrected chi connectivity index (χ0v) is 7.95. The second-order valence-corrected chi connectivity index (χ2v) is 3.52. The molecule has 3 heteroatoms. The Bertz CT molecular complexity index is 258. The Labute approximate surface area is 76.4 Å². The molecule has 0 N–H and O–H groups in total. The molecule has 1 aromatic rings. The maximum Gasteiger partial charge on any atom is 0.134 e. The van der Waals surface area contributed by atoms with Crippen LogP contribution in [0.2, 0.25) is 0 Å². The monoisotopic (exact) mass is 189 g/mol. The first-order valence-corrected chi connectivity index (χ1v) is 4.21. The van der Waals surface area contributed by atoms with Crippen molar-refractivity contribution in [3.05, 3.63) is 29.1 Å². The van der Waals surface area contributed by atoms with Crippen LogP contribution >= 0.6 is 23.2 Å². The van der Waals surface area contributed by atoms with Gasteiger partial charge in [-0.05, 0) is 19.9 Å². The lowest BCUT2D eigenvalue weighted by Crippen LogP contribution is -1.92. The fourth-order valence-corrected chi connectivity index (χ4v) is 1.39. The van der Waals surface area contributed by atoms with E-state index in [1.54, 1.807) is 0 Å². The summed E-state index contributed by atoms with van der Waals surface area (Å²) in [5.41, 5.74) is 2.78. The summed E-state index contributed by atoms with van der Waals surface area (Å²) in [6.45, 7) is 3.84. The molecule has 11 heavy (non-hydrogen) atoms. The van der Waals surface area contributed by atoms with Gasteiger partial charge in [0.15, 0.2) is 0 Å². The van der Waals surface area contributed by atoms with E-state index in [9.17, 15) is 0 Å². The molecule has 0 aromatic carbocycles. The van der Waals surface area contributed by atoms with E-state index in [1.165, 1.54) is 0 Å². The predicted molar refractivity (Wildman–Crippen MR) is 48.2 cm³/mol. The summed E-state index contributed by atoms with van der Waals surface area (Å²) in [5.74, 6) is 0.